The molecule has 0 saturated heterocycles. The van der Waals surface area contributed by atoms with Gasteiger partial charge in [-0.2, -0.15) is 0 Å². The van der Waals surface area contributed by atoms with Gasteiger partial charge in [0.25, 0.3) is 0 Å². The molecule has 1 saturated carbocycles. The highest BCUT2D eigenvalue weighted by Gasteiger charge is 2.41. The van der Waals surface area contributed by atoms with Gasteiger partial charge >= 0.3 is 0 Å². The minimum atomic E-state index is 0.258. The second-order valence-electron chi connectivity index (χ2n) is 5.99. The Morgan fingerprint density at radius 3 is 2.37 bits per heavy atom. The van der Waals surface area contributed by atoms with E-state index in [1.54, 1.807) is 0 Å². The Bertz CT molecular complexity index is 301. The number of likely N-dealkylation sites (N-methyl/N-ethyl adjacent to an activating group) is 1. The minimum Gasteiger partial charge on any atom is -0.370 e. The summed E-state index contributed by atoms with van der Waals surface area (Å²) in [5, 5.41) is 0. The van der Waals surface area contributed by atoms with Crippen molar-refractivity contribution in [1.82, 2.24) is 9.80 Å². The summed E-state index contributed by atoms with van der Waals surface area (Å²) in [6, 6.07) is 0. The van der Waals surface area contributed by atoms with Crippen LogP contribution in [0.25, 0.3) is 0 Å². The lowest BCUT2D eigenvalue weighted by atomic mass is 9.89. The number of rotatable bonds is 5. The van der Waals surface area contributed by atoms with Crippen LogP contribution >= 0.6 is 0 Å². The van der Waals surface area contributed by atoms with Gasteiger partial charge in [-0.1, -0.05) is 39.5 Å². The molecule has 110 valence electrons. The molecule has 0 unspecified atom stereocenters. The Labute approximate surface area is 118 Å². The number of nitrogens with zero attached hydrogens (tertiary/aromatic N) is 3. The third-order valence-electron chi connectivity index (χ3n) is 4.95. The average Bonchev–Trinajstić information content (AvgIpc) is 2.61. The van der Waals surface area contributed by atoms with E-state index < -0.39 is 0 Å². The molecule has 2 rings (SSSR count). The Hall–Kier alpha value is -0.770. The summed E-state index contributed by atoms with van der Waals surface area (Å²) in [4.78, 5) is 9.46. The van der Waals surface area contributed by atoms with Crippen molar-refractivity contribution in [3.63, 3.8) is 0 Å². The summed E-state index contributed by atoms with van der Waals surface area (Å²) >= 11 is 0. The van der Waals surface area contributed by atoms with E-state index in [1.165, 1.54) is 38.5 Å². The molecular formula is C15H30N4. The number of guanidine groups is 1. The van der Waals surface area contributed by atoms with Gasteiger partial charge in [0.2, 0.25) is 0 Å². The molecule has 4 nitrogen and oxygen atoms in total. The van der Waals surface area contributed by atoms with Gasteiger partial charge in [0, 0.05) is 13.1 Å². The van der Waals surface area contributed by atoms with Crippen LogP contribution in [0, 0.1) is 0 Å². The van der Waals surface area contributed by atoms with Crippen molar-refractivity contribution in [1.29, 1.82) is 0 Å². The predicted molar refractivity (Wildman–Crippen MR) is 81.4 cm³/mol. The lowest BCUT2D eigenvalue weighted by Gasteiger charge is -2.39. The molecule has 2 aliphatic rings. The lowest BCUT2D eigenvalue weighted by Crippen LogP contribution is -2.53. The summed E-state index contributed by atoms with van der Waals surface area (Å²) in [6.07, 6.45) is 7.98. The Kier molecular flexibility index (Phi) is 5.08. The third kappa shape index (κ3) is 3.22. The third-order valence-corrected chi connectivity index (χ3v) is 4.95. The largest absolute Gasteiger partial charge is 0.370 e. The van der Waals surface area contributed by atoms with E-state index in [0.717, 1.165) is 38.7 Å². The molecule has 0 radical (unpaired) electrons. The van der Waals surface area contributed by atoms with Gasteiger partial charge in [0.1, 0.15) is 0 Å². The van der Waals surface area contributed by atoms with Crippen molar-refractivity contribution in [2.75, 3.05) is 32.7 Å². The molecule has 0 aromatic rings. The zero-order chi connectivity index (χ0) is 13.7. The summed E-state index contributed by atoms with van der Waals surface area (Å²) in [5.41, 5.74) is 6.42. The fourth-order valence-corrected chi connectivity index (χ4v) is 3.59. The Morgan fingerprint density at radius 2 is 1.79 bits per heavy atom. The molecule has 0 aromatic heterocycles. The average molecular weight is 266 g/mol. The monoisotopic (exact) mass is 266 g/mol. The van der Waals surface area contributed by atoms with Crippen LogP contribution in [0.5, 0.6) is 0 Å². The SMILES string of the molecule is CCN(CC)CCN1C(N)=NCC12CCCCCC2. The highest BCUT2D eigenvalue weighted by molar-refractivity contribution is 5.81. The van der Waals surface area contributed by atoms with E-state index >= 15 is 0 Å². The number of nitrogens with two attached hydrogens (primary N) is 1. The molecule has 0 atom stereocenters. The minimum absolute atomic E-state index is 0.258. The Balaban J connectivity index is 1.99. The molecule has 0 amide bonds. The first-order valence-corrected chi connectivity index (χ1v) is 8.02. The molecule has 1 spiro atoms. The molecule has 1 aliphatic heterocycles. The molecule has 1 aliphatic carbocycles. The highest BCUT2D eigenvalue weighted by atomic mass is 15.4. The number of hydrogen-bond acceptors (Lipinski definition) is 4. The maximum Gasteiger partial charge on any atom is 0.191 e. The maximum absolute atomic E-state index is 6.16. The summed E-state index contributed by atoms with van der Waals surface area (Å²) in [6.45, 7) is 9.76. The lowest BCUT2D eigenvalue weighted by molar-refractivity contribution is 0.154. The highest BCUT2D eigenvalue weighted by Crippen LogP contribution is 2.35. The van der Waals surface area contributed by atoms with Crippen LogP contribution < -0.4 is 5.73 Å². The van der Waals surface area contributed by atoms with Gasteiger partial charge in [-0.15, -0.1) is 0 Å². The van der Waals surface area contributed by atoms with Crippen LogP contribution in [-0.4, -0.2) is 54.0 Å². The molecule has 0 aromatic carbocycles. The normalized spacial score (nSPS) is 22.9. The van der Waals surface area contributed by atoms with Crippen LogP contribution in [0.2, 0.25) is 0 Å². The van der Waals surface area contributed by atoms with Crippen LogP contribution in [0.3, 0.4) is 0 Å². The van der Waals surface area contributed by atoms with Crippen LogP contribution in [0.1, 0.15) is 52.4 Å². The van der Waals surface area contributed by atoms with Crippen molar-refractivity contribution < 1.29 is 0 Å². The second kappa shape index (κ2) is 6.60. The van der Waals surface area contributed by atoms with Crippen molar-refractivity contribution >= 4 is 5.96 Å². The van der Waals surface area contributed by atoms with Crippen molar-refractivity contribution in [3.8, 4) is 0 Å². The first-order chi connectivity index (χ1) is 9.22. The van der Waals surface area contributed by atoms with E-state index in [4.69, 9.17) is 5.73 Å². The van der Waals surface area contributed by atoms with Gasteiger partial charge in [-0.25, -0.2) is 0 Å². The Morgan fingerprint density at radius 1 is 1.16 bits per heavy atom. The molecular weight excluding hydrogens is 236 g/mol. The number of aliphatic imine (C=N–C) groups is 1. The van der Waals surface area contributed by atoms with Crippen LogP contribution in [-0.2, 0) is 0 Å². The van der Waals surface area contributed by atoms with E-state index in [1.807, 2.05) is 0 Å². The molecule has 1 heterocycles. The van der Waals surface area contributed by atoms with E-state index in [0.29, 0.717) is 0 Å². The second-order valence-corrected chi connectivity index (χ2v) is 5.99. The smallest absolute Gasteiger partial charge is 0.191 e. The van der Waals surface area contributed by atoms with Gasteiger partial charge in [0.05, 0.1) is 12.1 Å². The topological polar surface area (TPSA) is 44.9 Å². The summed E-state index contributed by atoms with van der Waals surface area (Å²) in [5.74, 6) is 0.786. The predicted octanol–water partition coefficient (Wildman–Crippen LogP) is 2.05. The van der Waals surface area contributed by atoms with Crippen LogP contribution in [0.15, 0.2) is 4.99 Å². The number of hydrogen-bond donors (Lipinski definition) is 1. The molecule has 19 heavy (non-hydrogen) atoms. The molecule has 2 N–H and O–H groups in total. The van der Waals surface area contributed by atoms with Crippen molar-refractivity contribution in [2.45, 2.75) is 57.9 Å². The van der Waals surface area contributed by atoms with E-state index in [9.17, 15) is 0 Å². The van der Waals surface area contributed by atoms with Gasteiger partial charge < -0.3 is 15.5 Å². The fraction of sp³-hybridized carbons (Fsp3) is 0.933. The zero-order valence-electron chi connectivity index (χ0n) is 12.7. The van der Waals surface area contributed by atoms with Gasteiger partial charge in [-0.05, 0) is 25.9 Å². The summed E-state index contributed by atoms with van der Waals surface area (Å²) < 4.78 is 0. The first kappa shape index (κ1) is 14.6. The van der Waals surface area contributed by atoms with Gasteiger partial charge in [-0.3, -0.25) is 4.99 Å². The quantitative estimate of drug-likeness (QED) is 0.828. The first-order valence-electron chi connectivity index (χ1n) is 8.02. The fourth-order valence-electron chi connectivity index (χ4n) is 3.59. The molecule has 4 heteroatoms. The van der Waals surface area contributed by atoms with E-state index in [2.05, 4.69) is 28.6 Å². The van der Waals surface area contributed by atoms with Crippen molar-refractivity contribution in [2.24, 2.45) is 10.7 Å². The van der Waals surface area contributed by atoms with Crippen LogP contribution in [0.4, 0.5) is 0 Å². The van der Waals surface area contributed by atoms with Gasteiger partial charge in [0.15, 0.2) is 5.96 Å². The summed E-state index contributed by atoms with van der Waals surface area (Å²) in [7, 11) is 0. The maximum atomic E-state index is 6.16. The standard InChI is InChI=1S/C15H30N4/c1-3-18(4-2)11-12-19-14(16)17-13-15(19)9-7-5-6-8-10-15/h3-13H2,1-2H3,(H2,16,17). The van der Waals surface area contributed by atoms with Crippen molar-refractivity contribution in [3.05, 3.63) is 0 Å². The zero-order valence-corrected chi connectivity index (χ0v) is 12.7. The molecule has 1 fully saturated rings. The van der Waals surface area contributed by atoms with E-state index in [-0.39, 0.29) is 5.54 Å². The molecule has 0 bridgehead atoms.